The van der Waals surface area contributed by atoms with Crippen molar-refractivity contribution < 1.29 is 8.42 Å². The lowest BCUT2D eigenvalue weighted by atomic mass is 10.1. The van der Waals surface area contributed by atoms with Crippen LogP contribution in [0, 0.1) is 5.92 Å². The maximum Gasteiger partial charge on any atom is 0.191 e. The predicted molar refractivity (Wildman–Crippen MR) is 103 cm³/mol. The Morgan fingerprint density at radius 2 is 1.96 bits per heavy atom. The van der Waals surface area contributed by atoms with Crippen LogP contribution in [0.2, 0.25) is 5.02 Å². The molecule has 1 atom stereocenters. The lowest BCUT2D eigenvalue weighted by Crippen LogP contribution is -2.44. The summed E-state index contributed by atoms with van der Waals surface area (Å²) in [4.78, 5) is 4.68. The molecule has 0 bridgehead atoms. The minimum Gasteiger partial charge on any atom is -0.356 e. The van der Waals surface area contributed by atoms with Gasteiger partial charge in [0.2, 0.25) is 0 Å². The van der Waals surface area contributed by atoms with Crippen LogP contribution in [0.3, 0.4) is 0 Å². The van der Waals surface area contributed by atoms with Crippen LogP contribution in [-0.4, -0.2) is 38.5 Å². The van der Waals surface area contributed by atoms with Gasteiger partial charge >= 0.3 is 0 Å². The van der Waals surface area contributed by atoms with Gasteiger partial charge in [0, 0.05) is 17.6 Å². The van der Waals surface area contributed by atoms with Crippen molar-refractivity contribution in [2.45, 2.75) is 44.7 Å². The third-order valence-electron chi connectivity index (χ3n) is 4.95. The molecule has 0 amide bonds. The van der Waals surface area contributed by atoms with E-state index in [9.17, 15) is 8.42 Å². The van der Waals surface area contributed by atoms with Crippen molar-refractivity contribution in [2.75, 3.05) is 18.1 Å². The minimum atomic E-state index is -2.84. The SMILES string of the molecule is O=S1(=O)CCC(CNC(=NCc2ccccc2Cl)NC2CCCC2)C1. The summed E-state index contributed by atoms with van der Waals surface area (Å²) >= 11 is 6.21. The van der Waals surface area contributed by atoms with Gasteiger partial charge in [-0.1, -0.05) is 42.6 Å². The first-order valence-electron chi connectivity index (χ1n) is 9.00. The number of halogens is 1. The maximum absolute atomic E-state index is 11.6. The van der Waals surface area contributed by atoms with Gasteiger partial charge in [0.05, 0.1) is 18.1 Å². The molecule has 1 aromatic carbocycles. The quantitative estimate of drug-likeness (QED) is 0.605. The zero-order valence-electron chi connectivity index (χ0n) is 14.4. The fraction of sp³-hybridized carbons (Fsp3) is 0.611. The number of hydrogen-bond donors (Lipinski definition) is 2. The van der Waals surface area contributed by atoms with E-state index in [-0.39, 0.29) is 11.7 Å². The van der Waals surface area contributed by atoms with Crippen molar-refractivity contribution >= 4 is 27.4 Å². The molecule has 1 saturated heterocycles. The second-order valence-electron chi connectivity index (χ2n) is 7.03. The molecular weight excluding hydrogens is 358 g/mol. The highest BCUT2D eigenvalue weighted by molar-refractivity contribution is 7.91. The summed E-state index contributed by atoms with van der Waals surface area (Å²) in [5, 5.41) is 7.56. The van der Waals surface area contributed by atoms with Gasteiger partial charge in [0.15, 0.2) is 15.8 Å². The summed E-state index contributed by atoms with van der Waals surface area (Å²) in [7, 11) is -2.84. The standard InChI is InChI=1S/C18H26ClN3O2S/c19-17-8-4-1-5-15(17)12-21-18(22-16-6-2-3-7-16)20-11-14-9-10-25(23,24)13-14/h1,4-5,8,14,16H,2-3,6-7,9-13H2,(H2,20,21,22). The van der Waals surface area contributed by atoms with Crippen molar-refractivity contribution in [3.63, 3.8) is 0 Å². The predicted octanol–water partition coefficient (Wildman–Crippen LogP) is 2.75. The van der Waals surface area contributed by atoms with E-state index in [1.165, 1.54) is 12.8 Å². The molecule has 1 aliphatic heterocycles. The van der Waals surface area contributed by atoms with Crippen LogP contribution in [-0.2, 0) is 16.4 Å². The molecule has 1 saturated carbocycles. The van der Waals surface area contributed by atoms with Gasteiger partial charge in [-0.2, -0.15) is 0 Å². The monoisotopic (exact) mass is 383 g/mol. The Bertz CT molecular complexity index is 715. The molecule has 25 heavy (non-hydrogen) atoms. The zero-order valence-corrected chi connectivity index (χ0v) is 16.0. The van der Waals surface area contributed by atoms with Gasteiger partial charge < -0.3 is 10.6 Å². The average Bonchev–Trinajstić information content (AvgIpc) is 3.20. The second kappa shape index (κ2) is 8.41. The molecule has 2 aliphatic rings. The molecule has 0 aromatic heterocycles. The molecule has 7 heteroatoms. The normalized spacial score (nSPS) is 23.7. The van der Waals surface area contributed by atoms with E-state index in [0.29, 0.717) is 29.9 Å². The Morgan fingerprint density at radius 3 is 2.64 bits per heavy atom. The fourth-order valence-electron chi connectivity index (χ4n) is 3.48. The Labute approximate surface area is 155 Å². The number of aliphatic imine (C=N–C) groups is 1. The van der Waals surface area contributed by atoms with Crippen molar-refractivity contribution in [3.8, 4) is 0 Å². The smallest absolute Gasteiger partial charge is 0.191 e. The maximum atomic E-state index is 11.6. The van der Waals surface area contributed by atoms with Crippen molar-refractivity contribution in [1.82, 2.24) is 10.6 Å². The van der Waals surface area contributed by atoms with Crippen molar-refractivity contribution in [2.24, 2.45) is 10.9 Å². The summed E-state index contributed by atoms with van der Waals surface area (Å²) < 4.78 is 23.2. The van der Waals surface area contributed by atoms with E-state index in [0.717, 1.165) is 30.8 Å². The molecule has 0 spiro atoms. The highest BCUT2D eigenvalue weighted by Crippen LogP contribution is 2.19. The highest BCUT2D eigenvalue weighted by Gasteiger charge is 2.28. The van der Waals surface area contributed by atoms with E-state index in [1.54, 1.807) is 0 Å². The summed E-state index contributed by atoms with van der Waals surface area (Å²) in [5.74, 6) is 1.51. The van der Waals surface area contributed by atoms with Gasteiger partial charge in [-0.05, 0) is 36.8 Å². The molecule has 5 nitrogen and oxygen atoms in total. The number of nitrogens with zero attached hydrogens (tertiary/aromatic N) is 1. The van der Waals surface area contributed by atoms with E-state index in [2.05, 4.69) is 15.6 Å². The van der Waals surface area contributed by atoms with Crippen LogP contribution in [0.5, 0.6) is 0 Å². The molecule has 3 rings (SSSR count). The van der Waals surface area contributed by atoms with Crippen LogP contribution in [0.4, 0.5) is 0 Å². The Kier molecular flexibility index (Phi) is 6.23. The highest BCUT2D eigenvalue weighted by atomic mass is 35.5. The molecule has 2 fully saturated rings. The summed E-state index contributed by atoms with van der Waals surface area (Å²) in [5.41, 5.74) is 0.986. The summed E-state index contributed by atoms with van der Waals surface area (Å²) in [6, 6.07) is 8.16. The zero-order chi connectivity index (χ0) is 17.7. The van der Waals surface area contributed by atoms with E-state index < -0.39 is 9.84 Å². The van der Waals surface area contributed by atoms with Gasteiger partial charge in [0.25, 0.3) is 0 Å². The fourth-order valence-corrected chi connectivity index (χ4v) is 5.54. The van der Waals surface area contributed by atoms with Crippen LogP contribution >= 0.6 is 11.6 Å². The van der Waals surface area contributed by atoms with Crippen molar-refractivity contribution in [3.05, 3.63) is 34.9 Å². The first kappa shape index (κ1) is 18.5. The number of nitrogens with one attached hydrogen (secondary N) is 2. The lowest BCUT2D eigenvalue weighted by molar-refractivity contribution is 0.553. The average molecular weight is 384 g/mol. The van der Waals surface area contributed by atoms with Gasteiger partial charge in [-0.3, -0.25) is 0 Å². The van der Waals surface area contributed by atoms with E-state index in [4.69, 9.17) is 11.6 Å². The number of guanidine groups is 1. The van der Waals surface area contributed by atoms with Gasteiger partial charge in [-0.25, -0.2) is 13.4 Å². The molecular formula is C18H26ClN3O2S. The summed E-state index contributed by atoms with van der Waals surface area (Å²) in [6.07, 6.45) is 5.54. The number of hydrogen-bond acceptors (Lipinski definition) is 3. The molecule has 1 unspecified atom stereocenters. The number of rotatable bonds is 5. The lowest BCUT2D eigenvalue weighted by Gasteiger charge is -2.19. The molecule has 0 radical (unpaired) electrons. The van der Waals surface area contributed by atoms with Crippen molar-refractivity contribution in [1.29, 1.82) is 0 Å². The molecule has 1 aromatic rings. The van der Waals surface area contributed by atoms with Crippen LogP contribution < -0.4 is 10.6 Å². The largest absolute Gasteiger partial charge is 0.356 e. The minimum absolute atomic E-state index is 0.167. The van der Waals surface area contributed by atoms with Crippen LogP contribution in [0.25, 0.3) is 0 Å². The van der Waals surface area contributed by atoms with Crippen LogP contribution in [0.15, 0.2) is 29.3 Å². The summed E-state index contributed by atoms with van der Waals surface area (Å²) in [6.45, 7) is 1.14. The Balaban J connectivity index is 1.62. The number of sulfone groups is 1. The third kappa shape index (κ3) is 5.61. The molecule has 1 aliphatic carbocycles. The first-order chi connectivity index (χ1) is 12.0. The van der Waals surface area contributed by atoms with Crippen LogP contribution in [0.1, 0.15) is 37.7 Å². The Hall–Kier alpha value is -1.27. The molecule has 2 N–H and O–H groups in total. The Morgan fingerprint density at radius 1 is 1.20 bits per heavy atom. The van der Waals surface area contributed by atoms with E-state index >= 15 is 0 Å². The first-order valence-corrected chi connectivity index (χ1v) is 11.2. The topological polar surface area (TPSA) is 70.6 Å². The van der Waals surface area contributed by atoms with Gasteiger partial charge in [0.1, 0.15) is 0 Å². The number of benzene rings is 1. The second-order valence-corrected chi connectivity index (χ2v) is 9.67. The van der Waals surface area contributed by atoms with Gasteiger partial charge in [-0.15, -0.1) is 0 Å². The van der Waals surface area contributed by atoms with E-state index in [1.807, 2.05) is 24.3 Å². The third-order valence-corrected chi connectivity index (χ3v) is 7.15. The molecule has 1 heterocycles. The molecule has 138 valence electrons.